The molecule has 0 aliphatic rings. The fourth-order valence-electron chi connectivity index (χ4n) is 1.56. The van der Waals surface area contributed by atoms with Crippen molar-refractivity contribution in [3.05, 3.63) is 46.2 Å². The lowest BCUT2D eigenvalue weighted by Crippen LogP contribution is -2.08. The van der Waals surface area contributed by atoms with Gasteiger partial charge in [0.15, 0.2) is 11.6 Å². The summed E-state index contributed by atoms with van der Waals surface area (Å²) in [5.41, 5.74) is 5.29. The first kappa shape index (κ1) is 11.9. The third-order valence-corrected chi connectivity index (χ3v) is 3.45. The van der Waals surface area contributed by atoms with Crippen LogP contribution in [0, 0.1) is 11.6 Å². The fraction of sp³-hybridized carbons (Fsp3) is 0.167. The molecule has 1 unspecified atom stereocenters. The summed E-state index contributed by atoms with van der Waals surface area (Å²) < 4.78 is 27.1. The van der Waals surface area contributed by atoms with Crippen molar-refractivity contribution in [1.29, 1.82) is 0 Å². The van der Waals surface area contributed by atoms with Gasteiger partial charge in [-0.05, 0) is 30.5 Å². The predicted octanol–water partition coefficient (Wildman–Crippen LogP) is 3.78. The number of nitrogens with two attached hydrogens (primary N) is 1. The van der Waals surface area contributed by atoms with Gasteiger partial charge in [-0.25, -0.2) is 8.78 Å². The van der Waals surface area contributed by atoms with Crippen LogP contribution >= 0.6 is 11.3 Å². The Kier molecular flexibility index (Phi) is 3.28. The normalized spacial score (nSPS) is 12.4. The largest absolute Gasteiger partial charge is 0.399 e. The number of hydrogen-bond acceptors (Lipinski definition) is 3. The average molecular weight is 254 g/mol. The predicted molar refractivity (Wildman–Crippen MR) is 67.1 cm³/mol. The maximum Gasteiger partial charge on any atom is 0.151 e. The van der Waals surface area contributed by atoms with Crippen molar-refractivity contribution in [2.24, 2.45) is 0 Å². The second-order valence-electron chi connectivity index (χ2n) is 3.74. The van der Waals surface area contributed by atoms with Crippen molar-refractivity contribution < 1.29 is 8.78 Å². The standard InChI is InChI=1S/C12H12F2N2S/c1-7(11-3-2-4-17-11)16-12-9(13)5-8(15)6-10(12)14/h2-7,16H,15H2,1H3. The van der Waals surface area contributed by atoms with Gasteiger partial charge in [-0.1, -0.05) is 6.07 Å². The van der Waals surface area contributed by atoms with Gasteiger partial charge >= 0.3 is 0 Å². The first-order valence-electron chi connectivity index (χ1n) is 5.12. The van der Waals surface area contributed by atoms with Gasteiger partial charge in [-0.2, -0.15) is 0 Å². The molecular formula is C12H12F2N2S. The summed E-state index contributed by atoms with van der Waals surface area (Å²) in [6, 6.07) is 5.87. The van der Waals surface area contributed by atoms with E-state index in [-0.39, 0.29) is 17.4 Å². The summed E-state index contributed by atoms with van der Waals surface area (Å²) >= 11 is 1.53. The van der Waals surface area contributed by atoms with Gasteiger partial charge in [-0.3, -0.25) is 0 Å². The number of rotatable bonds is 3. The van der Waals surface area contributed by atoms with E-state index in [1.54, 1.807) is 0 Å². The molecule has 0 aliphatic carbocycles. The lowest BCUT2D eigenvalue weighted by Gasteiger charge is -2.15. The van der Waals surface area contributed by atoms with Crippen molar-refractivity contribution in [3.8, 4) is 0 Å². The van der Waals surface area contributed by atoms with E-state index in [0.717, 1.165) is 17.0 Å². The smallest absolute Gasteiger partial charge is 0.151 e. The van der Waals surface area contributed by atoms with E-state index in [0.29, 0.717) is 0 Å². The number of benzene rings is 1. The molecule has 3 N–H and O–H groups in total. The minimum Gasteiger partial charge on any atom is -0.399 e. The molecule has 17 heavy (non-hydrogen) atoms. The maximum absolute atomic E-state index is 13.5. The third kappa shape index (κ3) is 2.55. The Labute approximate surface area is 102 Å². The van der Waals surface area contributed by atoms with Crippen LogP contribution in [0.2, 0.25) is 0 Å². The molecule has 90 valence electrons. The van der Waals surface area contributed by atoms with Gasteiger partial charge in [-0.15, -0.1) is 11.3 Å². The molecule has 1 heterocycles. The molecule has 0 saturated carbocycles. The SMILES string of the molecule is CC(Nc1c(F)cc(N)cc1F)c1cccs1. The number of nitrogen functional groups attached to an aromatic ring is 1. The van der Waals surface area contributed by atoms with Gasteiger partial charge in [0.2, 0.25) is 0 Å². The van der Waals surface area contributed by atoms with Crippen molar-refractivity contribution in [1.82, 2.24) is 0 Å². The molecule has 0 bridgehead atoms. The molecule has 0 radical (unpaired) electrons. The zero-order valence-corrected chi connectivity index (χ0v) is 10.0. The Morgan fingerprint density at radius 2 is 1.94 bits per heavy atom. The van der Waals surface area contributed by atoms with Gasteiger partial charge in [0, 0.05) is 10.6 Å². The Hall–Kier alpha value is -1.62. The van der Waals surface area contributed by atoms with E-state index in [9.17, 15) is 8.78 Å². The summed E-state index contributed by atoms with van der Waals surface area (Å²) in [5, 5.41) is 4.73. The highest BCUT2D eigenvalue weighted by Gasteiger charge is 2.14. The molecule has 5 heteroatoms. The van der Waals surface area contributed by atoms with Gasteiger partial charge in [0.25, 0.3) is 0 Å². The van der Waals surface area contributed by atoms with Crippen molar-refractivity contribution in [2.45, 2.75) is 13.0 Å². The number of anilines is 2. The van der Waals surface area contributed by atoms with Crippen LogP contribution in [0.3, 0.4) is 0 Å². The van der Waals surface area contributed by atoms with E-state index >= 15 is 0 Å². The second-order valence-corrected chi connectivity index (χ2v) is 4.72. The molecule has 0 amide bonds. The highest BCUT2D eigenvalue weighted by Crippen LogP contribution is 2.28. The second kappa shape index (κ2) is 4.71. The van der Waals surface area contributed by atoms with Crippen LogP contribution in [0.25, 0.3) is 0 Å². The number of halogens is 2. The molecular weight excluding hydrogens is 242 g/mol. The Morgan fingerprint density at radius 1 is 1.29 bits per heavy atom. The van der Waals surface area contributed by atoms with E-state index in [1.807, 2.05) is 24.4 Å². The molecule has 1 aromatic heterocycles. The molecule has 2 aromatic rings. The summed E-state index contributed by atoms with van der Waals surface area (Å²) in [5.74, 6) is -1.35. The zero-order valence-electron chi connectivity index (χ0n) is 9.21. The Morgan fingerprint density at radius 3 is 2.47 bits per heavy atom. The minimum atomic E-state index is -0.675. The topological polar surface area (TPSA) is 38.0 Å². The first-order chi connectivity index (χ1) is 8.08. The molecule has 0 aliphatic heterocycles. The summed E-state index contributed by atoms with van der Waals surface area (Å²) in [4.78, 5) is 1.01. The van der Waals surface area contributed by atoms with Gasteiger partial charge in [0.05, 0.1) is 6.04 Å². The first-order valence-corrected chi connectivity index (χ1v) is 6.00. The van der Waals surface area contributed by atoms with Gasteiger partial charge < -0.3 is 11.1 Å². The fourth-order valence-corrected chi connectivity index (χ4v) is 2.29. The summed E-state index contributed by atoms with van der Waals surface area (Å²) in [6.07, 6.45) is 0. The van der Waals surface area contributed by atoms with Crippen LogP contribution in [-0.4, -0.2) is 0 Å². The van der Waals surface area contributed by atoms with Crippen LogP contribution in [0.1, 0.15) is 17.8 Å². The quantitative estimate of drug-likeness (QED) is 0.818. The average Bonchev–Trinajstić information content (AvgIpc) is 2.76. The van der Waals surface area contributed by atoms with Crippen molar-refractivity contribution >= 4 is 22.7 Å². The van der Waals surface area contributed by atoms with E-state index in [2.05, 4.69) is 5.32 Å². The van der Waals surface area contributed by atoms with Crippen LogP contribution in [0.15, 0.2) is 29.6 Å². The molecule has 1 atom stereocenters. The van der Waals surface area contributed by atoms with Gasteiger partial charge in [0.1, 0.15) is 5.69 Å². The molecule has 0 spiro atoms. The number of thiophene rings is 1. The minimum absolute atomic E-state index is 0.0781. The lowest BCUT2D eigenvalue weighted by molar-refractivity contribution is 0.586. The maximum atomic E-state index is 13.5. The molecule has 2 nitrogen and oxygen atoms in total. The number of nitrogens with one attached hydrogen (secondary N) is 1. The zero-order chi connectivity index (χ0) is 12.4. The van der Waals surface area contributed by atoms with E-state index in [4.69, 9.17) is 5.73 Å². The Balaban J connectivity index is 2.25. The molecule has 0 saturated heterocycles. The highest BCUT2D eigenvalue weighted by molar-refractivity contribution is 7.10. The van der Waals surface area contributed by atoms with Crippen LogP contribution in [0.5, 0.6) is 0 Å². The summed E-state index contributed by atoms with van der Waals surface area (Å²) in [6.45, 7) is 1.85. The molecule has 0 fully saturated rings. The molecule has 2 rings (SSSR count). The van der Waals surface area contributed by atoms with Crippen molar-refractivity contribution in [2.75, 3.05) is 11.1 Å². The Bertz CT molecular complexity index is 488. The van der Waals surface area contributed by atoms with Crippen LogP contribution in [-0.2, 0) is 0 Å². The van der Waals surface area contributed by atoms with Crippen LogP contribution < -0.4 is 11.1 Å². The lowest BCUT2D eigenvalue weighted by atomic mass is 10.2. The molecule has 1 aromatic carbocycles. The van der Waals surface area contributed by atoms with Crippen LogP contribution in [0.4, 0.5) is 20.2 Å². The monoisotopic (exact) mass is 254 g/mol. The number of hydrogen-bond donors (Lipinski definition) is 2. The third-order valence-electron chi connectivity index (χ3n) is 2.40. The summed E-state index contributed by atoms with van der Waals surface area (Å²) in [7, 11) is 0. The van der Waals surface area contributed by atoms with E-state index < -0.39 is 11.6 Å². The highest BCUT2D eigenvalue weighted by atomic mass is 32.1. The van der Waals surface area contributed by atoms with E-state index in [1.165, 1.54) is 11.3 Å². The van der Waals surface area contributed by atoms with Crippen molar-refractivity contribution in [3.63, 3.8) is 0 Å².